The van der Waals surface area contributed by atoms with E-state index in [0.29, 0.717) is 23.4 Å². The predicted octanol–water partition coefficient (Wildman–Crippen LogP) is 2.38. The van der Waals surface area contributed by atoms with E-state index in [2.05, 4.69) is 34.4 Å². The summed E-state index contributed by atoms with van der Waals surface area (Å²) in [5, 5.41) is 6.49. The quantitative estimate of drug-likeness (QED) is 0.781. The molecule has 2 N–H and O–H groups in total. The normalized spacial score (nSPS) is 21.9. The molecule has 2 aliphatic heterocycles. The maximum Gasteiger partial charge on any atom is 0.252 e. The van der Waals surface area contributed by atoms with Crippen molar-refractivity contribution in [1.29, 1.82) is 0 Å². The number of nitrogens with one attached hydrogen (secondary N) is 2. The zero-order valence-corrected chi connectivity index (χ0v) is 16.0. The maximum absolute atomic E-state index is 12.4. The predicted molar refractivity (Wildman–Crippen MR) is 103 cm³/mol. The summed E-state index contributed by atoms with van der Waals surface area (Å²) in [7, 11) is 0. The van der Waals surface area contributed by atoms with Crippen LogP contribution in [0.2, 0.25) is 0 Å². The molecule has 6 heteroatoms. The van der Waals surface area contributed by atoms with Gasteiger partial charge in [0.25, 0.3) is 5.91 Å². The average Bonchev–Trinajstić information content (AvgIpc) is 3.08. The Morgan fingerprint density at radius 2 is 2.12 bits per heavy atom. The third-order valence-corrected chi connectivity index (χ3v) is 5.14. The Morgan fingerprint density at radius 3 is 2.81 bits per heavy atom. The number of amides is 1. The van der Waals surface area contributed by atoms with Crippen molar-refractivity contribution in [2.24, 2.45) is 11.8 Å². The largest absolute Gasteiger partial charge is 0.381 e. The van der Waals surface area contributed by atoms with E-state index in [1.54, 1.807) is 6.20 Å². The molecule has 0 bridgehead atoms. The zero-order valence-electron chi connectivity index (χ0n) is 16.0. The van der Waals surface area contributed by atoms with Crippen LogP contribution in [0.4, 0.5) is 5.82 Å². The smallest absolute Gasteiger partial charge is 0.252 e. The lowest BCUT2D eigenvalue weighted by atomic mass is 10.1. The van der Waals surface area contributed by atoms with E-state index >= 15 is 0 Å². The van der Waals surface area contributed by atoms with Gasteiger partial charge in [0.15, 0.2) is 0 Å². The number of likely N-dealkylation sites (tertiary alicyclic amines) is 1. The van der Waals surface area contributed by atoms with Crippen LogP contribution >= 0.6 is 0 Å². The first-order valence-electron chi connectivity index (χ1n) is 9.91. The van der Waals surface area contributed by atoms with E-state index < -0.39 is 0 Å². The van der Waals surface area contributed by atoms with Crippen LogP contribution in [0.1, 0.15) is 43.5 Å². The molecule has 1 atom stereocenters. The molecule has 0 spiro atoms. The molecule has 3 rings (SSSR count). The lowest BCUT2D eigenvalue weighted by Crippen LogP contribution is -2.32. The summed E-state index contributed by atoms with van der Waals surface area (Å²) in [6.07, 6.45) is 4.83. The summed E-state index contributed by atoms with van der Waals surface area (Å²) in [4.78, 5) is 19.3. The molecule has 2 saturated heterocycles. The number of anilines is 1. The fourth-order valence-electron chi connectivity index (χ4n) is 3.77. The van der Waals surface area contributed by atoms with Crippen molar-refractivity contribution in [3.63, 3.8) is 0 Å². The number of rotatable bonds is 7. The number of carbonyl (C=O) groups is 1. The maximum atomic E-state index is 12.4. The second kappa shape index (κ2) is 9.33. The Bertz CT molecular complexity index is 570. The minimum atomic E-state index is -0.0302. The van der Waals surface area contributed by atoms with Crippen LogP contribution in [0.5, 0.6) is 0 Å². The summed E-state index contributed by atoms with van der Waals surface area (Å²) in [5.74, 6) is 2.05. The summed E-state index contributed by atoms with van der Waals surface area (Å²) < 4.78 is 5.37. The van der Waals surface area contributed by atoms with Crippen LogP contribution < -0.4 is 10.6 Å². The molecule has 1 amide bonds. The van der Waals surface area contributed by atoms with Gasteiger partial charge in [0.2, 0.25) is 0 Å². The van der Waals surface area contributed by atoms with E-state index in [4.69, 9.17) is 4.74 Å². The first-order valence-corrected chi connectivity index (χ1v) is 9.91. The van der Waals surface area contributed by atoms with Crippen molar-refractivity contribution >= 4 is 11.7 Å². The van der Waals surface area contributed by atoms with Crippen LogP contribution in [0.15, 0.2) is 18.3 Å². The molecule has 0 unspecified atom stereocenters. The molecule has 6 nitrogen and oxygen atoms in total. The number of aromatic nitrogens is 1. The van der Waals surface area contributed by atoms with Gasteiger partial charge < -0.3 is 20.3 Å². The lowest BCUT2D eigenvalue weighted by molar-refractivity contribution is 0.0904. The van der Waals surface area contributed by atoms with Crippen molar-refractivity contribution in [3.8, 4) is 0 Å². The molecule has 2 aliphatic rings. The van der Waals surface area contributed by atoms with Gasteiger partial charge in [-0.1, -0.05) is 13.8 Å². The van der Waals surface area contributed by atoms with Crippen molar-refractivity contribution in [1.82, 2.24) is 15.2 Å². The van der Waals surface area contributed by atoms with Crippen molar-refractivity contribution in [3.05, 3.63) is 23.9 Å². The van der Waals surface area contributed by atoms with Gasteiger partial charge in [-0.05, 0) is 49.8 Å². The molecule has 0 aliphatic carbocycles. The molecule has 1 aromatic heterocycles. The molecule has 3 heterocycles. The molecule has 0 radical (unpaired) electrons. The molecular weight excluding hydrogens is 328 g/mol. The number of hydrogen-bond donors (Lipinski definition) is 2. The van der Waals surface area contributed by atoms with E-state index in [-0.39, 0.29) is 5.91 Å². The zero-order chi connectivity index (χ0) is 18.4. The second-order valence-corrected chi connectivity index (χ2v) is 7.98. The van der Waals surface area contributed by atoms with Crippen LogP contribution in [-0.4, -0.2) is 61.2 Å². The number of hydrogen-bond acceptors (Lipinski definition) is 5. The van der Waals surface area contributed by atoms with Crippen LogP contribution in [0, 0.1) is 11.8 Å². The molecule has 0 saturated carbocycles. The highest BCUT2D eigenvalue weighted by atomic mass is 16.5. The average molecular weight is 361 g/mol. The monoisotopic (exact) mass is 360 g/mol. The van der Waals surface area contributed by atoms with E-state index in [0.717, 1.165) is 58.1 Å². The number of ether oxygens (including phenoxy) is 1. The van der Waals surface area contributed by atoms with Crippen LogP contribution in [0.25, 0.3) is 0 Å². The van der Waals surface area contributed by atoms with Crippen LogP contribution in [-0.2, 0) is 4.74 Å². The fraction of sp³-hybridized carbons (Fsp3) is 0.700. The van der Waals surface area contributed by atoms with E-state index in [1.807, 2.05) is 12.1 Å². The van der Waals surface area contributed by atoms with Gasteiger partial charge in [-0.15, -0.1) is 0 Å². The second-order valence-electron chi connectivity index (χ2n) is 7.98. The van der Waals surface area contributed by atoms with Gasteiger partial charge in [-0.2, -0.15) is 0 Å². The van der Waals surface area contributed by atoms with Crippen molar-refractivity contribution in [2.75, 3.05) is 44.7 Å². The molecule has 144 valence electrons. The summed E-state index contributed by atoms with van der Waals surface area (Å²) in [5.41, 5.74) is 0.625. The van der Waals surface area contributed by atoms with Crippen molar-refractivity contribution < 1.29 is 9.53 Å². The topological polar surface area (TPSA) is 66.5 Å². The molecule has 0 aromatic carbocycles. The van der Waals surface area contributed by atoms with E-state index in [9.17, 15) is 4.79 Å². The summed E-state index contributed by atoms with van der Waals surface area (Å²) >= 11 is 0. The Balaban J connectivity index is 1.42. The SMILES string of the molecule is CC(C)CN1CC[C@@H](CNC(=O)c2ccc(NC3CCOCC3)nc2)C1. The van der Waals surface area contributed by atoms with Gasteiger partial charge in [-0.25, -0.2) is 4.98 Å². The summed E-state index contributed by atoms with van der Waals surface area (Å²) in [6.45, 7) is 10.2. The highest BCUT2D eigenvalue weighted by Crippen LogP contribution is 2.17. The first kappa shape index (κ1) is 19.1. The van der Waals surface area contributed by atoms with Crippen molar-refractivity contribution in [2.45, 2.75) is 39.2 Å². The van der Waals surface area contributed by atoms with Gasteiger partial charge in [0, 0.05) is 45.1 Å². The van der Waals surface area contributed by atoms with Gasteiger partial charge in [-0.3, -0.25) is 4.79 Å². The molecular formula is C20H32N4O2. The standard InChI is InChI=1S/C20H32N4O2/c1-15(2)13-24-8-5-16(14-24)11-22-20(25)17-3-4-19(21-12-17)23-18-6-9-26-10-7-18/h3-4,12,15-16,18H,5-11,13-14H2,1-2H3,(H,21,23)(H,22,25)/t16-/m0/s1. The lowest BCUT2D eigenvalue weighted by Gasteiger charge is -2.23. The Labute approximate surface area is 156 Å². The van der Waals surface area contributed by atoms with Gasteiger partial charge >= 0.3 is 0 Å². The minimum Gasteiger partial charge on any atom is -0.381 e. The Morgan fingerprint density at radius 1 is 1.31 bits per heavy atom. The Hall–Kier alpha value is -1.66. The van der Waals surface area contributed by atoms with Crippen LogP contribution in [0.3, 0.4) is 0 Å². The number of carbonyl (C=O) groups excluding carboxylic acids is 1. The minimum absolute atomic E-state index is 0.0302. The van der Waals surface area contributed by atoms with E-state index in [1.165, 1.54) is 6.42 Å². The Kier molecular flexibility index (Phi) is 6.86. The number of nitrogens with zero attached hydrogens (tertiary/aromatic N) is 2. The summed E-state index contributed by atoms with van der Waals surface area (Å²) in [6, 6.07) is 4.15. The fourth-order valence-corrected chi connectivity index (χ4v) is 3.77. The third-order valence-electron chi connectivity index (χ3n) is 5.14. The first-order chi connectivity index (χ1) is 12.6. The number of pyridine rings is 1. The third kappa shape index (κ3) is 5.68. The van der Waals surface area contributed by atoms with Gasteiger partial charge in [0.05, 0.1) is 5.56 Å². The highest BCUT2D eigenvalue weighted by Gasteiger charge is 2.23. The highest BCUT2D eigenvalue weighted by molar-refractivity contribution is 5.94. The van der Waals surface area contributed by atoms with Gasteiger partial charge in [0.1, 0.15) is 5.82 Å². The molecule has 1 aromatic rings. The molecule has 26 heavy (non-hydrogen) atoms. The molecule has 2 fully saturated rings.